The summed E-state index contributed by atoms with van der Waals surface area (Å²) in [5.74, 6) is -0.146. The van der Waals surface area contributed by atoms with Crippen LogP contribution in [-0.4, -0.2) is 13.0 Å². The number of nitrogens with two attached hydrogens (primary N) is 1. The van der Waals surface area contributed by atoms with Gasteiger partial charge in [0, 0.05) is 13.6 Å². The Bertz CT molecular complexity index is 590. The summed E-state index contributed by atoms with van der Waals surface area (Å²) < 4.78 is 0. The Morgan fingerprint density at radius 3 is 2.50 bits per heavy atom. The monoisotopic (exact) mass is 289 g/mol. The number of aryl methyl sites for hydroxylation is 1. The van der Waals surface area contributed by atoms with Crippen LogP contribution in [0.1, 0.15) is 27.7 Å². The van der Waals surface area contributed by atoms with E-state index in [0.717, 1.165) is 18.0 Å². The molecule has 0 aliphatic carbocycles. The highest BCUT2D eigenvalue weighted by molar-refractivity contribution is 7.18. The molecule has 1 heterocycles. The topological polar surface area (TPSA) is 67.1 Å². The largest absolute Gasteiger partial charge is 0.397 e. The Balaban J connectivity index is 2.01. The van der Waals surface area contributed by atoms with Crippen molar-refractivity contribution in [2.75, 3.05) is 18.1 Å². The molecule has 2 aromatic rings. The van der Waals surface area contributed by atoms with E-state index in [0.29, 0.717) is 10.6 Å². The zero-order valence-electron chi connectivity index (χ0n) is 11.7. The summed E-state index contributed by atoms with van der Waals surface area (Å²) in [5, 5.41) is 6.79. The number of amides is 1. The van der Waals surface area contributed by atoms with E-state index in [2.05, 4.69) is 41.8 Å². The van der Waals surface area contributed by atoms with Gasteiger partial charge in [-0.3, -0.25) is 4.79 Å². The molecule has 1 amide bonds. The van der Waals surface area contributed by atoms with Crippen molar-refractivity contribution < 1.29 is 4.79 Å². The van der Waals surface area contributed by atoms with E-state index in [9.17, 15) is 4.79 Å². The smallest absolute Gasteiger partial charge is 0.263 e. The molecular formula is C15H19N3OS. The number of benzene rings is 1. The maximum absolute atomic E-state index is 11.6. The van der Waals surface area contributed by atoms with E-state index in [-0.39, 0.29) is 5.91 Å². The summed E-state index contributed by atoms with van der Waals surface area (Å²) in [6, 6.07) is 10.3. The molecule has 0 fully saturated rings. The first-order valence-corrected chi connectivity index (χ1v) is 7.38. The van der Waals surface area contributed by atoms with Crippen LogP contribution in [0.4, 0.5) is 10.7 Å². The number of carbonyl (C=O) groups excluding carboxylic acids is 1. The van der Waals surface area contributed by atoms with Crippen molar-refractivity contribution in [2.24, 2.45) is 0 Å². The van der Waals surface area contributed by atoms with Gasteiger partial charge in [-0.05, 0) is 23.6 Å². The molecule has 2 rings (SSSR count). The standard InChI is InChI=1S/C15H19N3OS/c1-3-10-4-6-11(7-5-10)9-18-13-8-12(16)14(20-13)15(19)17-2/h4-8,18H,3,9,16H2,1-2H3,(H,17,19). The SMILES string of the molecule is CCc1ccc(CNc2cc(N)c(C(=O)NC)s2)cc1. The van der Waals surface area contributed by atoms with Crippen molar-refractivity contribution in [1.29, 1.82) is 0 Å². The summed E-state index contributed by atoms with van der Waals surface area (Å²) >= 11 is 1.37. The number of hydrogen-bond acceptors (Lipinski definition) is 4. The van der Waals surface area contributed by atoms with E-state index < -0.39 is 0 Å². The van der Waals surface area contributed by atoms with Gasteiger partial charge >= 0.3 is 0 Å². The Labute approximate surface area is 123 Å². The van der Waals surface area contributed by atoms with Gasteiger partial charge in [-0.2, -0.15) is 0 Å². The Morgan fingerprint density at radius 2 is 1.90 bits per heavy atom. The van der Waals surface area contributed by atoms with Gasteiger partial charge in [0.1, 0.15) is 4.88 Å². The van der Waals surface area contributed by atoms with Crippen molar-refractivity contribution in [3.05, 3.63) is 46.3 Å². The highest BCUT2D eigenvalue weighted by Crippen LogP contribution is 2.29. The fraction of sp³-hybridized carbons (Fsp3) is 0.267. The lowest BCUT2D eigenvalue weighted by Gasteiger charge is -2.04. The third-order valence-electron chi connectivity index (χ3n) is 3.09. The second kappa shape index (κ2) is 6.43. The maximum atomic E-state index is 11.6. The predicted octanol–water partition coefficient (Wildman–Crippen LogP) is 2.86. The number of carbonyl (C=O) groups is 1. The minimum Gasteiger partial charge on any atom is -0.397 e. The van der Waals surface area contributed by atoms with Gasteiger partial charge in [0.15, 0.2) is 0 Å². The van der Waals surface area contributed by atoms with E-state index in [1.54, 1.807) is 13.1 Å². The molecule has 4 nitrogen and oxygen atoms in total. The quantitative estimate of drug-likeness (QED) is 0.793. The predicted molar refractivity (Wildman–Crippen MR) is 85.3 cm³/mol. The van der Waals surface area contributed by atoms with Gasteiger partial charge in [0.05, 0.1) is 10.7 Å². The van der Waals surface area contributed by atoms with Gasteiger partial charge in [-0.1, -0.05) is 31.2 Å². The Hall–Kier alpha value is -2.01. The lowest BCUT2D eigenvalue weighted by atomic mass is 10.1. The first-order chi connectivity index (χ1) is 9.63. The molecule has 4 N–H and O–H groups in total. The lowest BCUT2D eigenvalue weighted by molar-refractivity contribution is 0.0968. The van der Waals surface area contributed by atoms with E-state index in [1.165, 1.54) is 22.5 Å². The number of anilines is 2. The van der Waals surface area contributed by atoms with Gasteiger partial charge < -0.3 is 16.4 Å². The summed E-state index contributed by atoms with van der Waals surface area (Å²) in [4.78, 5) is 12.1. The van der Waals surface area contributed by atoms with Crippen LogP contribution < -0.4 is 16.4 Å². The minimum absolute atomic E-state index is 0.146. The van der Waals surface area contributed by atoms with E-state index >= 15 is 0 Å². The third-order valence-corrected chi connectivity index (χ3v) is 4.20. The van der Waals surface area contributed by atoms with Crippen molar-refractivity contribution in [2.45, 2.75) is 19.9 Å². The average Bonchev–Trinajstić information content (AvgIpc) is 2.86. The van der Waals surface area contributed by atoms with Crippen molar-refractivity contribution in [1.82, 2.24) is 5.32 Å². The van der Waals surface area contributed by atoms with Gasteiger partial charge in [0.25, 0.3) is 5.91 Å². The first kappa shape index (κ1) is 14.4. The van der Waals surface area contributed by atoms with Gasteiger partial charge in [-0.15, -0.1) is 11.3 Å². The summed E-state index contributed by atoms with van der Waals surface area (Å²) in [6.45, 7) is 2.86. The highest BCUT2D eigenvalue weighted by Gasteiger charge is 2.12. The summed E-state index contributed by atoms with van der Waals surface area (Å²) in [7, 11) is 1.60. The molecule has 0 bridgehead atoms. The van der Waals surface area contributed by atoms with Crippen molar-refractivity contribution >= 4 is 27.9 Å². The average molecular weight is 289 g/mol. The number of rotatable bonds is 5. The number of thiophene rings is 1. The second-order valence-corrected chi connectivity index (χ2v) is 5.55. The zero-order valence-corrected chi connectivity index (χ0v) is 12.5. The van der Waals surface area contributed by atoms with Crippen LogP contribution in [-0.2, 0) is 13.0 Å². The van der Waals surface area contributed by atoms with Crippen LogP contribution in [0.25, 0.3) is 0 Å². The minimum atomic E-state index is -0.146. The molecule has 0 saturated heterocycles. The van der Waals surface area contributed by atoms with Crippen LogP contribution in [0.3, 0.4) is 0 Å². The molecule has 0 unspecified atom stereocenters. The van der Waals surface area contributed by atoms with Gasteiger partial charge in [0.2, 0.25) is 0 Å². The molecule has 20 heavy (non-hydrogen) atoms. The van der Waals surface area contributed by atoms with Crippen LogP contribution in [0.15, 0.2) is 30.3 Å². The maximum Gasteiger partial charge on any atom is 0.263 e. The number of hydrogen-bond donors (Lipinski definition) is 3. The Morgan fingerprint density at radius 1 is 1.25 bits per heavy atom. The molecular weight excluding hydrogens is 270 g/mol. The van der Waals surface area contributed by atoms with Crippen LogP contribution in [0.5, 0.6) is 0 Å². The number of nitrogen functional groups attached to an aromatic ring is 1. The highest BCUT2D eigenvalue weighted by atomic mass is 32.1. The molecule has 106 valence electrons. The van der Waals surface area contributed by atoms with E-state index in [1.807, 2.05) is 0 Å². The van der Waals surface area contributed by atoms with E-state index in [4.69, 9.17) is 5.73 Å². The molecule has 0 radical (unpaired) electrons. The fourth-order valence-electron chi connectivity index (χ4n) is 1.87. The third kappa shape index (κ3) is 3.30. The molecule has 1 aromatic heterocycles. The lowest BCUT2D eigenvalue weighted by Crippen LogP contribution is -2.17. The summed E-state index contributed by atoms with van der Waals surface area (Å²) in [6.07, 6.45) is 1.05. The van der Waals surface area contributed by atoms with Crippen molar-refractivity contribution in [3.63, 3.8) is 0 Å². The molecule has 0 atom stereocenters. The molecule has 0 aliphatic rings. The van der Waals surface area contributed by atoms with Crippen molar-refractivity contribution in [3.8, 4) is 0 Å². The summed E-state index contributed by atoms with van der Waals surface area (Å²) in [5.41, 5.74) is 8.88. The van der Waals surface area contributed by atoms with Crippen LogP contribution >= 0.6 is 11.3 Å². The van der Waals surface area contributed by atoms with Gasteiger partial charge in [-0.25, -0.2) is 0 Å². The van der Waals surface area contributed by atoms with Crippen LogP contribution in [0, 0.1) is 0 Å². The molecule has 0 aliphatic heterocycles. The first-order valence-electron chi connectivity index (χ1n) is 6.57. The zero-order chi connectivity index (χ0) is 14.5. The molecule has 1 aromatic carbocycles. The normalized spacial score (nSPS) is 10.3. The van der Waals surface area contributed by atoms with Crippen LogP contribution in [0.2, 0.25) is 0 Å². The fourth-order valence-corrected chi connectivity index (χ4v) is 2.79. The second-order valence-electron chi connectivity index (χ2n) is 4.50. The Kier molecular flexibility index (Phi) is 4.63. The molecule has 0 spiro atoms. The molecule has 0 saturated carbocycles. The molecule has 5 heteroatoms. The number of nitrogens with one attached hydrogen (secondary N) is 2.